The number of hydrogen-bond donors (Lipinski definition) is 0. The van der Waals surface area contributed by atoms with Crippen LogP contribution in [0, 0.1) is 5.82 Å². The Bertz CT molecular complexity index is 913. The standard InChI is InChI=1S/C20H23FN6O2/c1-24-18(13-19(28)25(2)20(24)29)27-10-8-26(9-11-27)17-7-6-16(22-23-17)14-4-3-5-15(21)12-14/h3-7,12,18H,8-11,13H2,1-2H3. The summed E-state index contributed by atoms with van der Waals surface area (Å²) in [5.41, 5.74) is 1.31. The van der Waals surface area contributed by atoms with Gasteiger partial charge >= 0.3 is 6.03 Å². The molecule has 0 saturated carbocycles. The predicted molar refractivity (Wildman–Crippen MR) is 106 cm³/mol. The molecule has 2 saturated heterocycles. The number of benzene rings is 1. The van der Waals surface area contributed by atoms with Gasteiger partial charge in [-0.05, 0) is 24.3 Å². The number of piperazine rings is 1. The topological polar surface area (TPSA) is 72.9 Å². The Hall–Kier alpha value is -3.07. The van der Waals surface area contributed by atoms with Crippen LogP contribution in [0.15, 0.2) is 36.4 Å². The number of amides is 3. The van der Waals surface area contributed by atoms with Crippen LogP contribution >= 0.6 is 0 Å². The van der Waals surface area contributed by atoms with Crippen LogP contribution in [0.25, 0.3) is 11.3 Å². The number of nitrogens with zero attached hydrogens (tertiary/aromatic N) is 6. The molecular formula is C20H23FN6O2. The van der Waals surface area contributed by atoms with Crippen molar-refractivity contribution in [2.75, 3.05) is 45.2 Å². The highest BCUT2D eigenvalue weighted by Gasteiger charge is 2.38. The second-order valence-electron chi connectivity index (χ2n) is 7.34. The highest BCUT2D eigenvalue weighted by molar-refractivity contribution is 5.96. The predicted octanol–water partition coefficient (Wildman–Crippen LogP) is 1.64. The van der Waals surface area contributed by atoms with E-state index in [0.717, 1.165) is 18.9 Å². The van der Waals surface area contributed by atoms with Gasteiger partial charge in [0.25, 0.3) is 0 Å². The first kappa shape index (κ1) is 19.3. The molecule has 1 aromatic heterocycles. The molecule has 0 radical (unpaired) electrons. The molecule has 1 unspecified atom stereocenters. The summed E-state index contributed by atoms with van der Waals surface area (Å²) in [5, 5.41) is 8.54. The van der Waals surface area contributed by atoms with Crippen molar-refractivity contribution in [2.24, 2.45) is 0 Å². The summed E-state index contributed by atoms with van der Waals surface area (Å²) >= 11 is 0. The van der Waals surface area contributed by atoms with E-state index in [-0.39, 0.29) is 23.9 Å². The molecule has 0 N–H and O–H groups in total. The molecule has 2 aliphatic rings. The zero-order valence-corrected chi connectivity index (χ0v) is 16.5. The van der Waals surface area contributed by atoms with Crippen molar-refractivity contribution in [3.05, 3.63) is 42.2 Å². The van der Waals surface area contributed by atoms with Crippen LogP contribution in [0.2, 0.25) is 0 Å². The molecule has 3 heterocycles. The molecule has 1 atom stereocenters. The third kappa shape index (κ3) is 3.77. The summed E-state index contributed by atoms with van der Waals surface area (Å²) in [6.07, 6.45) is 0.0933. The first-order valence-corrected chi connectivity index (χ1v) is 9.56. The van der Waals surface area contributed by atoms with Gasteiger partial charge in [-0.1, -0.05) is 12.1 Å². The number of carbonyl (C=O) groups is 2. The van der Waals surface area contributed by atoms with Crippen molar-refractivity contribution in [3.63, 3.8) is 0 Å². The van der Waals surface area contributed by atoms with Gasteiger partial charge in [0, 0.05) is 45.8 Å². The highest BCUT2D eigenvalue weighted by Crippen LogP contribution is 2.23. The number of hydrogen-bond acceptors (Lipinski definition) is 6. The molecule has 0 spiro atoms. The minimum Gasteiger partial charge on any atom is -0.353 e. The van der Waals surface area contributed by atoms with Gasteiger partial charge in [0.2, 0.25) is 5.91 Å². The maximum absolute atomic E-state index is 13.4. The molecule has 9 heteroatoms. The normalized spacial score (nSPS) is 21.1. The van der Waals surface area contributed by atoms with Gasteiger partial charge in [-0.2, -0.15) is 0 Å². The lowest BCUT2D eigenvalue weighted by Crippen LogP contribution is -2.62. The Balaban J connectivity index is 1.40. The Morgan fingerprint density at radius 2 is 1.76 bits per heavy atom. The van der Waals surface area contributed by atoms with Gasteiger partial charge in [0.1, 0.15) is 5.82 Å². The van der Waals surface area contributed by atoms with Crippen LogP contribution in [0.1, 0.15) is 6.42 Å². The molecule has 0 aliphatic carbocycles. The van der Waals surface area contributed by atoms with E-state index in [0.29, 0.717) is 30.8 Å². The van der Waals surface area contributed by atoms with Crippen LogP contribution < -0.4 is 4.90 Å². The molecule has 3 amide bonds. The lowest BCUT2D eigenvalue weighted by molar-refractivity contribution is -0.134. The summed E-state index contributed by atoms with van der Waals surface area (Å²) in [6.45, 7) is 2.87. The molecule has 0 bridgehead atoms. The molecule has 2 aromatic rings. The molecule has 8 nitrogen and oxygen atoms in total. The van der Waals surface area contributed by atoms with Crippen LogP contribution in [0.5, 0.6) is 0 Å². The van der Waals surface area contributed by atoms with E-state index in [1.165, 1.54) is 24.1 Å². The summed E-state index contributed by atoms with van der Waals surface area (Å²) in [4.78, 5) is 31.3. The van der Waals surface area contributed by atoms with Crippen LogP contribution in [-0.4, -0.2) is 83.3 Å². The van der Waals surface area contributed by atoms with Crippen molar-refractivity contribution in [2.45, 2.75) is 12.6 Å². The van der Waals surface area contributed by atoms with E-state index in [9.17, 15) is 14.0 Å². The van der Waals surface area contributed by atoms with Crippen molar-refractivity contribution in [3.8, 4) is 11.3 Å². The second kappa shape index (κ2) is 7.75. The summed E-state index contributed by atoms with van der Waals surface area (Å²) < 4.78 is 13.4. The molecule has 4 rings (SSSR count). The molecule has 2 fully saturated rings. The Morgan fingerprint density at radius 1 is 1.00 bits per heavy atom. The summed E-state index contributed by atoms with van der Waals surface area (Å²) in [5.74, 6) is 0.299. The molecule has 152 valence electrons. The fraction of sp³-hybridized carbons (Fsp3) is 0.400. The number of rotatable bonds is 3. The number of imide groups is 1. The number of aromatic nitrogens is 2. The van der Waals surface area contributed by atoms with E-state index >= 15 is 0 Å². The van der Waals surface area contributed by atoms with Crippen LogP contribution in [0.4, 0.5) is 15.0 Å². The van der Waals surface area contributed by atoms with Gasteiger partial charge in [-0.3, -0.25) is 14.6 Å². The molecular weight excluding hydrogens is 375 g/mol. The number of urea groups is 1. The Labute approximate surface area is 168 Å². The van der Waals surface area contributed by atoms with E-state index in [1.54, 1.807) is 24.1 Å². The average Bonchev–Trinajstić information content (AvgIpc) is 2.75. The van der Waals surface area contributed by atoms with Crippen LogP contribution in [0.3, 0.4) is 0 Å². The van der Waals surface area contributed by atoms with Gasteiger partial charge in [-0.15, -0.1) is 10.2 Å². The smallest absolute Gasteiger partial charge is 0.327 e. The van der Waals surface area contributed by atoms with E-state index in [2.05, 4.69) is 20.0 Å². The van der Waals surface area contributed by atoms with E-state index in [1.807, 2.05) is 12.1 Å². The van der Waals surface area contributed by atoms with Crippen molar-refractivity contribution in [1.29, 1.82) is 0 Å². The number of carbonyl (C=O) groups excluding carboxylic acids is 2. The first-order valence-electron chi connectivity index (χ1n) is 9.56. The van der Waals surface area contributed by atoms with Gasteiger partial charge in [-0.25, -0.2) is 9.18 Å². The van der Waals surface area contributed by atoms with Crippen molar-refractivity contribution >= 4 is 17.8 Å². The van der Waals surface area contributed by atoms with Crippen LogP contribution in [-0.2, 0) is 4.79 Å². The fourth-order valence-corrected chi connectivity index (χ4v) is 3.82. The van der Waals surface area contributed by atoms with Gasteiger partial charge in [0.15, 0.2) is 5.82 Å². The lowest BCUT2D eigenvalue weighted by atomic mass is 10.1. The average molecular weight is 398 g/mol. The number of halogens is 1. The maximum atomic E-state index is 13.4. The van der Waals surface area contributed by atoms with Gasteiger partial charge in [0.05, 0.1) is 18.3 Å². The quantitative estimate of drug-likeness (QED) is 0.783. The second-order valence-corrected chi connectivity index (χ2v) is 7.34. The number of anilines is 1. The lowest BCUT2D eigenvalue weighted by Gasteiger charge is -2.45. The van der Waals surface area contributed by atoms with E-state index in [4.69, 9.17) is 0 Å². The zero-order chi connectivity index (χ0) is 20.5. The largest absolute Gasteiger partial charge is 0.353 e. The minimum atomic E-state index is -0.305. The first-order chi connectivity index (χ1) is 13.9. The summed E-state index contributed by atoms with van der Waals surface area (Å²) in [6, 6.07) is 9.73. The van der Waals surface area contributed by atoms with E-state index < -0.39 is 0 Å². The zero-order valence-electron chi connectivity index (χ0n) is 16.5. The third-order valence-electron chi connectivity index (χ3n) is 5.60. The Kier molecular flexibility index (Phi) is 5.14. The monoisotopic (exact) mass is 398 g/mol. The SMILES string of the molecule is CN1C(=O)CC(N2CCN(c3ccc(-c4cccc(F)c4)nn3)CC2)N(C)C1=O. The summed E-state index contributed by atoms with van der Waals surface area (Å²) in [7, 11) is 3.25. The van der Waals surface area contributed by atoms with Crippen molar-refractivity contribution in [1.82, 2.24) is 24.9 Å². The van der Waals surface area contributed by atoms with Gasteiger partial charge < -0.3 is 9.80 Å². The Morgan fingerprint density at radius 3 is 2.41 bits per heavy atom. The highest BCUT2D eigenvalue weighted by atomic mass is 19.1. The maximum Gasteiger partial charge on any atom is 0.327 e. The van der Waals surface area contributed by atoms with Crippen molar-refractivity contribution < 1.29 is 14.0 Å². The minimum absolute atomic E-state index is 0.153. The third-order valence-corrected chi connectivity index (χ3v) is 5.60. The molecule has 2 aliphatic heterocycles. The fourth-order valence-electron chi connectivity index (χ4n) is 3.82. The molecule has 1 aromatic carbocycles. The molecule has 29 heavy (non-hydrogen) atoms.